The fourth-order valence-corrected chi connectivity index (χ4v) is 6.68. The average molecular weight is 458 g/mol. The van der Waals surface area contributed by atoms with Gasteiger partial charge in [0.25, 0.3) is 0 Å². The molecule has 1 aliphatic carbocycles. The molecule has 1 unspecified atom stereocenters. The smallest absolute Gasteiger partial charge is 0.235 e. The number of aromatic nitrogens is 3. The molecule has 1 N–H and O–H groups in total. The summed E-state index contributed by atoms with van der Waals surface area (Å²) >= 11 is 3.03. The monoisotopic (exact) mass is 457 g/mol. The van der Waals surface area contributed by atoms with E-state index in [0.717, 1.165) is 68.0 Å². The fourth-order valence-electron chi connectivity index (χ4n) is 4.61. The van der Waals surface area contributed by atoms with Crippen molar-refractivity contribution in [3.8, 4) is 6.07 Å². The van der Waals surface area contributed by atoms with Gasteiger partial charge >= 0.3 is 0 Å². The zero-order valence-corrected chi connectivity index (χ0v) is 20.3. The number of nitrogens with zero attached hydrogens (tertiary/aromatic N) is 4. The van der Waals surface area contributed by atoms with Gasteiger partial charge in [-0.2, -0.15) is 5.26 Å². The molecule has 0 aromatic carbocycles. The summed E-state index contributed by atoms with van der Waals surface area (Å²) < 4.78 is 2.16. The highest BCUT2D eigenvalue weighted by Gasteiger charge is 2.34. The van der Waals surface area contributed by atoms with E-state index < -0.39 is 0 Å². The van der Waals surface area contributed by atoms with Gasteiger partial charge in [-0.25, -0.2) is 0 Å². The van der Waals surface area contributed by atoms with Crippen LogP contribution in [0.5, 0.6) is 0 Å². The van der Waals surface area contributed by atoms with Crippen LogP contribution >= 0.6 is 23.1 Å². The second kappa shape index (κ2) is 9.33. The molecule has 2 aromatic heterocycles. The predicted octanol–water partition coefficient (Wildman–Crippen LogP) is 5.21. The molecule has 3 heterocycles. The lowest BCUT2D eigenvalue weighted by Crippen LogP contribution is -2.28. The van der Waals surface area contributed by atoms with Gasteiger partial charge in [0.05, 0.1) is 11.3 Å². The number of fused-ring (bicyclic) bond motifs is 2. The van der Waals surface area contributed by atoms with Crippen LogP contribution in [0.2, 0.25) is 0 Å². The summed E-state index contributed by atoms with van der Waals surface area (Å²) in [4.78, 5) is 14.0. The Morgan fingerprint density at radius 3 is 2.94 bits per heavy atom. The number of rotatable bonds is 6. The van der Waals surface area contributed by atoms with Gasteiger partial charge in [0.2, 0.25) is 5.91 Å². The first-order valence-corrected chi connectivity index (χ1v) is 13.1. The highest BCUT2D eigenvalue weighted by molar-refractivity contribution is 7.99. The molecular formula is C23H31N5OS2. The van der Waals surface area contributed by atoms with Crippen molar-refractivity contribution in [3.63, 3.8) is 0 Å². The number of anilines is 1. The van der Waals surface area contributed by atoms with Gasteiger partial charge in [-0.3, -0.25) is 4.79 Å². The van der Waals surface area contributed by atoms with Crippen LogP contribution in [0.4, 0.5) is 5.00 Å². The van der Waals surface area contributed by atoms with Crippen molar-refractivity contribution in [2.45, 2.75) is 83.8 Å². The van der Waals surface area contributed by atoms with E-state index >= 15 is 0 Å². The van der Waals surface area contributed by atoms with Gasteiger partial charge < -0.3 is 9.88 Å². The summed E-state index contributed by atoms with van der Waals surface area (Å²) in [7, 11) is 0. The van der Waals surface area contributed by atoms with E-state index in [0.29, 0.717) is 21.9 Å². The zero-order chi connectivity index (χ0) is 22.0. The molecule has 6 nitrogen and oxygen atoms in total. The molecule has 166 valence electrons. The molecule has 4 rings (SSSR count). The van der Waals surface area contributed by atoms with Crippen LogP contribution in [-0.2, 0) is 30.6 Å². The van der Waals surface area contributed by atoms with Crippen LogP contribution in [0.3, 0.4) is 0 Å². The van der Waals surface area contributed by atoms with Crippen LogP contribution in [-0.4, -0.2) is 26.4 Å². The molecular weight excluding hydrogens is 426 g/mol. The zero-order valence-electron chi connectivity index (χ0n) is 18.7. The number of carbonyl (C=O) groups is 1. The summed E-state index contributed by atoms with van der Waals surface area (Å²) in [6.45, 7) is 7.86. The number of carbonyl (C=O) groups excluding carboxylic acids is 1. The second-order valence-corrected chi connectivity index (χ2v) is 11.3. The molecule has 0 bridgehead atoms. The van der Waals surface area contributed by atoms with Crippen LogP contribution in [0, 0.1) is 22.7 Å². The van der Waals surface area contributed by atoms with Gasteiger partial charge in [0, 0.05) is 17.8 Å². The number of nitrogens with one attached hydrogen (secondary N) is 1. The van der Waals surface area contributed by atoms with Crippen molar-refractivity contribution in [1.29, 1.82) is 5.26 Å². The van der Waals surface area contributed by atoms with Crippen molar-refractivity contribution in [1.82, 2.24) is 14.8 Å². The predicted molar refractivity (Wildman–Crippen MR) is 126 cm³/mol. The normalized spacial score (nSPS) is 18.6. The minimum absolute atomic E-state index is 0.0866. The maximum absolute atomic E-state index is 12.7. The fraction of sp³-hybridized carbons (Fsp3) is 0.652. The minimum Gasteiger partial charge on any atom is -0.316 e. The first kappa shape index (κ1) is 22.3. The summed E-state index contributed by atoms with van der Waals surface area (Å²) in [6, 6.07) is 2.36. The lowest BCUT2D eigenvalue weighted by atomic mass is 9.69. The maximum atomic E-state index is 12.7. The third-order valence-corrected chi connectivity index (χ3v) is 9.19. The molecule has 0 saturated carbocycles. The molecule has 31 heavy (non-hydrogen) atoms. The molecule has 1 amide bonds. The highest BCUT2D eigenvalue weighted by Crippen LogP contribution is 2.45. The number of hydrogen-bond donors (Lipinski definition) is 1. The van der Waals surface area contributed by atoms with Crippen molar-refractivity contribution >= 4 is 34.0 Å². The number of thiophene rings is 1. The quantitative estimate of drug-likeness (QED) is 0.602. The van der Waals surface area contributed by atoms with Gasteiger partial charge in [-0.05, 0) is 49.0 Å². The molecule has 1 atom stereocenters. The van der Waals surface area contributed by atoms with E-state index in [1.165, 1.54) is 23.1 Å². The Morgan fingerprint density at radius 1 is 1.32 bits per heavy atom. The lowest BCUT2D eigenvalue weighted by molar-refractivity contribution is -0.113. The van der Waals surface area contributed by atoms with E-state index in [-0.39, 0.29) is 11.7 Å². The van der Waals surface area contributed by atoms with Crippen molar-refractivity contribution in [2.24, 2.45) is 11.3 Å². The molecule has 2 aromatic rings. The van der Waals surface area contributed by atoms with Gasteiger partial charge in [0.1, 0.15) is 16.9 Å². The Labute approximate surface area is 192 Å². The summed E-state index contributed by atoms with van der Waals surface area (Å²) in [5.41, 5.74) is 2.12. The standard InChI is InChI=1S/C23H31N5OS2/c1-4-23(2,3)15-9-10-16-17(13-24)21(31-18(16)12-15)25-20(29)14-30-22-27-26-19-8-6-5-7-11-28(19)22/h15H,4-12,14H2,1-3H3,(H,25,29). The van der Waals surface area contributed by atoms with Crippen LogP contribution in [0.15, 0.2) is 5.16 Å². The van der Waals surface area contributed by atoms with Gasteiger partial charge in [0.15, 0.2) is 5.16 Å². The van der Waals surface area contributed by atoms with E-state index in [9.17, 15) is 10.1 Å². The summed E-state index contributed by atoms with van der Waals surface area (Å²) in [6.07, 6.45) is 8.65. The van der Waals surface area contributed by atoms with Crippen molar-refractivity contribution < 1.29 is 4.79 Å². The number of nitriles is 1. The first-order valence-electron chi connectivity index (χ1n) is 11.3. The molecule has 1 aliphatic heterocycles. The van der Waals surface area contributed by atoms with Crippen LogP contribution in [0.1, 0.15) is 74.7 Å². The second-order valence-electron chi connectivity index (χ2n) is 9.30. The number of aryl methyl sites for hydroxylation is 1. The van der Waals surface area contributed by atoms with Crippen LogP contribution < -0.4 is 5.32 Å². The Balaban J connectivity index is 1.42. The van der Waals surface area contributed by atoms with Crippen LogP contribution in [0.25, 0.3) is 0 Å². The first-order chi connectivity index (χ1) is 14.9. The van der Waals surface area contributed by atoms with Gasteiger partial charge in [-0.15, -0.1) is 21.5 Å². The SMILES string of the molecule is CCC(C)(C)C1CCc2c(sc(NC(=O)CSc3nnc4n3CCCCC4)c2C#N)C1. The van der Waals surface area contributed by atoms with Crippen molar-refractivity contribution in [3.05, 3.63) is 21.8 Å². The number of amides is 1. The Morgan fingerprint density at radius 2 is 2.16 bits per heavy atom. The lowest BCUT2D eigenvalue weighted by Gasteiger charge is -2.36. The Bertz CT molecular complexity index is 1000. The number of thioether (sulfide) groups is 1. The van der Waals surface area contributed by atoms with E-state index in [4.69, 9.17) is 0 Å². The molecule has 0 spiro atoms. The molecule has 2 aliphatic rings. The van der Waals surface area contributed by atoms with Crippen molar-refractivity contribution in [2.75, 3.05) is 11.1 Å². The Kier molecular flexibility index (Phi) is 6.73. The van der Waals surface area contributed by atoms with E-state index in [1.54, 1.807) is 11.3 Å². The third kappa shape index (κ3) is 4.68. The van der Waals surface area contributed by atoms with E-state index in [2.05, 4.69) is 46.9 Å². The summed E-state index contributed by atoms with van der Waals surface area (Å²) in [5, 5.41) is 22.9. The highest BCUT2D eigenvalue weighted by atomic mass is 32.2. The topological polar surface area (TPSA) is 83.6 Å². The molecule has 0 radical (unpaired) electrons. The molecule has 0 fully saturated rings. The third-order valence-electron chi connectivity index (χ3n) is 7.05. The number of hydrogen-bond acceptors (Lipinski definition) is 6. The van der Waals surface area contributed by atoms with E-state index in [1.807, 2.05) is 0 Å². The minimum atomic E-state index is -0.0866. The largest absolute Gasteiger partial charge is 0.316 e. The average Bonchev–Trinajstić information content (AvgIpc) is 3.22. The molecule has 8 heteroatoms. The summed E-state index contributed by atoms with van der Waals surface area (Å²) in [5.74, 6) is 1.84. The maximum Gasteiger partial charge on any atom is 0.235 e. The Hall–Kier alpha value is -1.85. The molecule has 0 saturated heterocycles. The van der Waals surface area contributed by atoms with Gasteiger partial charge in [-0.1, -0.05) is 45.4 Å².